The second kappa shape index (κ2) is 4.78. The van der Waals surface area contributed by atoms with Crippen LogP contribution in [-0.4, -0.2) is 17.1 Å². The minimum Gasteiger partial charge on any atom is -0.496 e. The average molecular weight is 313 g/mol. The van der Waals surface area contributed by atoms with Crippen LogP contribution in [0.15, 0.2) is 22.8 Å². The van der Waals surface area contributed by atoms with E-state index in [9.17, 15) is 0 Å². The van der Waals surface area contributed by atoms with Crippen molar-refractivity contribution in [3.05, 3.63) is 33.5 Å². The largest absolute Gasteiger partial charge is 0.496 e. The molecule has 4 nitrogen and oxygen atoms in total. The Kier molecular flexibility index (Phi) is 3.36. The van der Waals surface area contributed by atoms with E-state index < -0.39 is 0 Å². The summed E-state index contributed by atoms with van der Waals surface area (Å²) in [5, 5.41) is 9.42. The molecular formula is C11H7BrClN3O. The molecule has 0 radical (unpaired) electrons. The summed E-state index contributed by atoms with van der Waals surface area (Å²) in [5.41, 5.74) is 1.00. The summed E-state index contributed by atoms with van der Waals surface area (Å²) >= 11 is 9.16. The lowest BCUT2D eigenvalue weighted by Gasteiger charge is -2.05. The van der Waals surface area contributed by atoms with Crippen molar-refractivity contribution in [2.75, 3.05) is 7.11 Å². The van der Waals surface area contributed by atoms with Gasteiger partial charge in [0, 0.05) is 5.02 Å². The summed E-state index contributed by atoms with van der Waals surface area (Å²) in [4.78, 5) is 7.10. The summed E-state index contributed by atoms with van der Waals surface area (Å²) in [6.07, 6.45) is 0. The molecule has 0 spiro atoms. The SMILES string of the molecule is COc1ccc(Cl)cc1-c1nc(C#N)c(Br)[nH]1. The second-order valence-electron chi connectivity index (χ2n) is 3.20. The number of ether oxygens (including phenoxy) is 1. The van der Waals surface area contributed by atoms with Gasteiger partial charge < -0.3 is 9.72 Å². The Hall–Kier alpha value is -1.51. The van der Waals surface area contributed by atoms with Gasteiger partial charge in [-0.15, -0.1) is 0 Å². The number of nitrogens with one attached hydrogen (secondary N) is 1. The van der Waals surface area contributed by atoms with Gasteiger partial charge in [0.05, 0.1) is 12.7 Å². The maximum Gasteiger partial charge on any atom is 0.173 e. The van der Waals surface area contributed by atoms with Crippen LogP contribution >= 0.6 is 27.5 Å². The molecule has 86 valence electrons. The number of rotatable bonds is 2. The molecule has 1 heterocycles. The van der Waals surface area contributed by atoms with Gasteiger partial charge in [0.2, 0.25) is 0 Å². The third-order valence-corrected chi connectivity index (χ3v) is 2.99. The monoisotopic (exact) mass is 311 g/mol. The van der Waals surface area contributed by atoms with Crippen LogP contribution in [-0.2, 0) is 0 Å². The van der Waals surface area contributed by atoms with Crippen molar-refractivity contribution in [1.82, 2.24) is 9.97 Å². The summed E-state index contributed by atoms with van der Waals surface area (Å²) in [6.45, 7) is 0. The highest BCUT2D eigenvalue weighted by molar-refractivity contribution is 9.10. The number of nitriles is 1. The number of benzene rings is 1. The third kappa shape index (κ3) is 2.28. The number of imidazole rings is 1. The van der Waals surface area contributed by atoms with Gasteiger partial charge in [0.25, 0.3) is 0 Å². The van der Waals surface area contributed by atoms with Gasteiger partial charge in [-0.25, -0.2) is 4.98 Å². The second-order valence-corrected chi connectivity index (χ2v) is 4.43. The van der Waals surface area contributed by atoms with Crippen molar-refractivity contribution < 1.29 is 4.74 Å². The van der Waals surface area contributed by atoms with E-state index in [1.165, 1.54) is 0 Å². The van der Waals surface area contributed by atoms with E-state index in [2.05, 4.69) is 25.9 Å². The summed E-state index contributed by atoms with van der Waals surface area (Å²) in [5.74, 6) is 1.17. The fourth-order valence-corrected chi connectivity index (χ4v) is 1.96. The van der Waals surface area contributed by atoms with Crippen molar-refractivity contribution in [2.45, 2.75) is 0 Å². The molecule has 0 fully saturated rings. The lowest BCUT2D eigenvalue weighted by atomic mass is 10.2. The zero-order valence-corrected chi connectivity index (χ0v) is 11.1. The number of aromatic amines is 1. The Morgan fingerprint density at radius 1 is 1.53 bits per heavy atom. The van der Waals surface area contributed by atoms with Crippen molar-refractivity contribution in [3.8, 4) is 23.2 Å². The molecule has 17 heavy (non-hydrogen) atoms. The first-order valence-electron chi connectivity index (χ1n) is 4.65. The number of nitrogens with zero attached hydrogens (tertiary/aromatic N) is 2. The molecule has 2 rings (SSSR count). The van der Waals surface area contributed by atoms with E-state index in [4.69, 9.17) is 21.6 Å². The van der Waals surface area contributed by atoms with Gasteiger partial charge in [-0.2, -0.15) is 5.26 Å². The number of hydrogen-bond acceptors (Lipinski definition) is 3. The van der Waals surface area contributed by atoms with Crippen LogP contribution in [0, 0.1) is 11.3 Å². The smallest absolute Gasteiger partial charge is 0.173 e. The van der Waals surface area contributed by atoms with Gasteiger partial charge >= 0.3 is 0 Å². The Bertz CT molecular complexity index is 603. The van der Waals surface area contributed by atoms with Crippen molar-refractivity contribution in [2.24, 2.45) is 0 Å². The maximum atomic E-state index is 8.84. The summed E-state index contributed by atoms with van der Waals surface area (Å²) in [7, 11) is 1.57. The van der Waals surface area contributed by atoms with Crippen molar-refractivity contribution in [1.29, 1.82) is 5.26 Å². The van der Waals surface area contributed by atoms with Crippen molar-refractivity contribution in [3.63, 3.8) is 0 Å². The number of aromatic nitrogens is 2. The van der Waals surface area contributed by atoms with Gasteiger partial charge in [-0.1, -0.05) is 11.6 Å². The molecule has 0 saturated carbocycles. The molecule has 0 bridgehead atoms. The van der Waals surface area contributed by atoms with E-state index in [0.29, 0.717) is 32.5 Å². The molecule has 0 aliphatic carbocycles. The Morgan fingerprint density at radius 2 is 2.29 bits per heavy atom. The highest BCUT2D eigenvalue weighted by Gasteiger charge is 2.13. The summed E-state index contributed by atoms with van der Waals surface area (Å²) in [6, 6.07) is 7.18. The zero-order chi connectivity index (χ0) is 12.4. The van der Waals surface area contributed by atoms with Crippen LogP contribution in [0.2, 0.25) is 5.02 Å². The first kappa shape index (κ1) is 12.0. The molecule has 0 unspecified atom stereocenters. The third-order valence-electron chi connectivity index (χ3n) is 2.18. The van der Waals surface area contributed by atoms with Crippen LogP contribution in [0.3, 0.4) is 0 Å². The highest BCUT2D eigenvalue weighted by Crippen LogP contribution is 2.32. The van der Waals surface area contributed by atoms with Crippen LogP contribution in [0.4, 0.5) is 0 Å². The van der Waals surface area contributed by atoms with Crippen molar-refractivity contribution >= 4 is 27.5 Å². The quantitative estimate of drug-likeness (QED) is 0.924. The van der Waals surface area contributed by atoms with Gasteiger partial charge in [-0.3, -0.25) is 0 Å². The normalized spacial score (nSPS) is 10.0. The number of methoxy groups -OCH3 is 1. The molecule has 1 aromatic heterocycles. The number of hydrogen-bond donors (Lipinski definition) is 1. The molecule has 2 aromatic rings. The lowest BCUT2D eigenvalue weighted by molar-refractivity contribution is 0.416. The Labute approximate surface area is 111 Å². The Morgan fingerprint density at radius 3 is 2.88 bits per heavy atom. The molecule has 6 heteroatoms. The van der Waals surface area contributed by atoms with Gasteiger partial charge in [-0.05, 0) is 34.1 Å². The van der Waals surface area contributed by atoms with E-state index >= 15 is 0 Å². The Balaban J connectivity index is 2.59. The fraction of sp³-hybridized carbons (Fsp3) is 0.0909. The van der Waals surface area contributed by atoms with Gasteiger partial charge in [0.15, 0.2) is 5.69 Å². The topological polar surface area (TPSA) is 61.7 Å². The standard InChI is InChI=1S/C11H7BrClN3O/c1-17-9-3-2-6(13)4-7(9)11-15-8(5-14)10(12)16-11/h2-4H,1H3,(H,15,16). The van der Waals surface area contributed by atoms with Crippen LogP contribution < -0.4 is 4.74 Å². The molecule has 1 aromatic carbocycles. The molecule has 0 amide bonds. The van der Waals surface area contributed by atoms with Crippen LogP contribution in [0.1, 0.15) is 5.69 Å². The minimum absolute atomic E-state index is 0.294. The predicted octanol–water partition coefficient (Wildman–Crippen LogP) is 3.37. The van der Waals surface area contributed by atoms with Crippen LogP contribution in [0.25, 0.3) is 11.4 Å². The molecule has 0 aliphatic rings. The molecular weight excluding hydrogens is 305 g/mol. The molecule has 0 aliphatic heterocycles. The predicted molar refractivity (Wildman–Crippen MR) is 68.0 cm³/mol. The molecule has 1 N–H and O–H groups in total. The first-order valence-corrected chi connectivity index (χ1v) is 5.82. The summed E-state index contributed by atoms with van der Waals surface area (Å²) < 4.78 is 5.76. The van der Waals surface area contributed by atoms with E-state index in [1.54, 1.807) is 25.3 Å². The van der Waals surface area contributed by atoms with Crippen LogP contribution in [0.5, 0.6) is 5.75 Å². The lowest BCUT2D eigenvalue weighted by Crippen LogP contribution is -1.89. The number of halogens is 2. The number of H-pyrrole nitrogens is 1. The minimum atomic E-state index is 0.294. The van der Waals surface area contributed by atoms with E-state index in [-0.39, 0.29) is 0 Å². The maximum absolute atomic E-state index is 8.84. The first-order chi connectivity index (χ1) is 8.15. The average Bonchev–Trinajstić information content (AvgIpc) is 2.70. The molecule has 0 saturated heterocycles. The fourth-order valence-electron chi connectivity index (χ4n) is 1.42. The van der Waals surface area contributed by atoms with Gasteiger partial charge in [0.1, 0.15) is 22.2 Å². The van der Waals surface area contributed by atoms with E-state index in [1.807, 2.05) is 6.07 Å². The highest BCUT2D eigenvalue weighted by atomic mass is 79.9. The van der Waals surface area contributed by atoms with E-state index in [0.717, 1.165) is 0 Å². The zero-order valence-electron chi connectivity index (χ0n) is 8.79. The molecule has 0 atom stereocenters.